The van der Waals surface area contributed by atoms with E-state index in [-0.39, 0.29) is 5.82 Å². The topological polar surface area (TPSA) is 29.5 Å². The molecule has 2 rings (SSSR count). The van der Waals surface area contributed by atoms with E-state index in [4.69, 9.17) is 16.3 Å². The summed E-state index contributed by atoms with van der Waals surface area (Å²) in [6.45, 7) is 0. The van der Waals surface area contributed by atoms with E-state index in [1.807, 2.05) is 22.6 Å². The van der Waals surface area contributed by atoms with Crippen LogP contribution in [0, 0.1) is 9.39 Å². The number of rotatable bonds is 3. The fourth-order valence-electron chi connectivity index (χ4n) is 1.75. The molecule has 0 spiro atoms. The van der Waals surface area contributed by atoms with Gasteiger partial charge in [0, 0.05) is 9.13 Å². The van der Waals surface area contributed by atoms with Gasteiger partial charge in [0.2, 0.25) is 0 Å². The Morgan fingerprint density at radius 3 is 2.47 bits per heavy atom. The quantitative estimate of drug-likeness (QED) is 0.794. The molecule has 1 unspecified atom stereocenters. The average Bonchev–Trinajstić information content (AvgIpc) is 2.37. The second-order valence-corrected chi connectivity index (χ2v) is 5.53. The van der Waals surface area contributed by atoms with Gasteiger partial charge in [-0.15, -0.1) is 0 Å². The normalized spacial score (nSPS) is 12.3. The van der Waals surface area contributed by atoms with Crippen molar-refractivity contribution < 1.29 is 14.2 Å². The highest BCUT2D eigenvalue weighted by atomic mass is 127. The lowest BCUT2D eigenvalue weighted by molar-refractivity contribution is 0.219. The van der Waals surface area contributed by atoms with Crippen molar-refractivity contribution in [3.63, 3.8) is 0 Å². The van der Waals surface area contributed by atoms with Gasteiger partial charge >= 0.3 is 0 Å². The van der Waals surface area contributed by atoms with Crippen LogP contribution in [0.5, 0.6) is 5.75 Å². The van der Waals surface area contributed by atoms with E-state index < -0.39 is 6.10 Å². The molecule has 0 aromatic heterocycles. The molecule has 0 bridgehead atoms. The molecular formula is C14H11ClFIO2. The first-order chi connectivity index (χ1) is 9.02. The summed E-state index contributed by atoms with van der Waals surface area (Å²) < 4.78 is 18.8. The van der Waals surface area contributed by atoms with Gasteiger partial charge < -0.3 is 9.84 Å². The highest BCUT2D eigenvalue weighted by Gasteiger charge is 2.17. The molecule has 0 saturated carbocycles. The van der Waals surface area contributed by atoms with Gasteiger partial charge in [-0.1, -0.05) is 23.7 Å². The molecule has 0 aliphatic rings. The Morgan fingerprint density at radius 1 is 1.21 bits per heavy atom. The van der Waals surface area contributed by atoms with Crippen LogP contribution < -0.4 is 4.74 Å². The molecular weight excluding hydrogens is 382 g/mol. The number of hydrogen-bond acceptors (Lipinski definition) is 2. The smallest absolute Gasteiger partial charge is 0.124 e. The molecule has 0 amide bonds. The van der Waals surface area contributed by atoms with Crippen molar-refractivity contribution in [2.24, 2.45) is 0 Å². The summed E-state index contributed by atoms with van der Waals surface area (Å²) in [7, 11) is 1.55. The standard InChI is InChI=1S/C14H11ClFIO2/c1-19-9-3-5-10(12(15)7-9)14(18)11-4-2-8(16)6-13(11)17/h2-7,14,18H,1H3. The minimum absolute atomic E-state index is 0.332. The second kappa shape index (κ2) is 6.07. The molecule has 0 saturated heterocycles. The van der Waals surface area contributed by atoms with Crippen molar-refractivity contribution in [3.8, 4) is 5.75 Å². The highest BCUT2D eigenvalue weighted by Crippen LogP contribution is 2.33. The van der Waals surface area contributed by atoms with Gasteiger partial charge in [-0.05, 0) is 52.4 Å². The molecule has 0 radical (unpaired) electrons. The Balaban J connectivity index is 2.41. The fraction of sp³-hybridized carbons (Fsp3) is 0.143. The van der Waals surface area contributed by atoms with Crippen LogP contribution in [0.25, 0.3) is 0 Å². The van der Waals surface area contributed by atoms with Gasteiger partial charge in [-0.25, -0.2) is 4.39 Å². The van der Waals surface area contributed by atoms with Crippen LogP contribution in [0.3, 0.4) is 0 Å². The van der Waals surface area contributed by atoms with E-state index in [0.29, 0.717) is 25.5 Å². The summed E-state index contributed by atoms with van der Waals surface area (Å²) in [5.74, 6) is 0.288. The van der Waals surface area contributed by atoms with E-state index in [2.05, 4.69) is 0 Å². The molecule has 0 aliphatic heterocycles. The summed E-state index contributed by atoms with van der Waals surface area (Å²) in [6, 6.07) is 9.31. The summed E-state index contributed by atoms with van der Waals surface area (Å²) in [6.07, 6.45) is -0.897. The summed E-state index contributed by atoms with van der Waals surface area (Å²) in [5, 5.41) is 10.8. The van der Waals surface area contributed by atoms with Crippen LogP contribution in [0.2, 0.25) is 5.02 Å². The molecule has 5 heteroatoms. The van der Waals surface area contributed by atoms with Crippen LogP contribution in [0.15, 0.2) is 36.4 Å². The van der Waals surface area contributed by atoms with Crippen LogP contribution in [0.4, 0.5) is 4.39 Å². The van der Waals surface area contributed by atoms with Gasteiger partial charge in [-0.2, -0.15) is 0 Å². The SMILES string of the molecule is COc1ccc(C(O)c2ccc(F)cc2I)c(Cl)c1. The summed E-state index contributed by atoms with van der Waals surface area (Å²) in [4.78, 5) is 0. The van der Waals surface area contributed by atoms with Crippen molar-refractivity contribution in [1.29, 1.82) is 0 Å². The summed E-state index contributed by atoms with van der Waals surface area (Å²) >= 11 is 8.11. The van der Waals surface area contributed by atoms with Crippen LogP contribution in [-0.4, -0.2) is 12.2 Å². The van der Waals surface area contributed by atoms with Gasteiger partial charge in [0.1, 0.15) is 17.7 Å². The zero-order valence-corrected chi connectivity index (χ0v) is 12.9. The highest BCUT2D eigenvalue weighted by molar-refractivity contribution is 14.1. The van der Waals surface area contributed by atoms with E-state index in [1.165, 1.54) is 12.1 Å². The monoisotopic (exact) mass is 392 g/mol. The number of benzene rings is 2. The van der Waals surface area contributed by atoms with Crippen molar-refractivity contribution >= 4 is 34.2 Å². The Labute approximate surface area is 129 Å². The third-order valence-electron chi connectivity index (χ3n) is 2.76. The predicted molar refractivity (Wildman–Crippen MR) is 81.2 cm³/mol. The van der Waals surface area contributed by atoms with Crippen molar-refractivity contribution in [1.82, 2.24) is 0 Å². The van der Waals surface area contributed by atoms with E-state index in [0.717, 1.165) is 0 Å². The first kappa shape index (κ1) is 14.6. The average molecular weight is 393 g/mol. The Hall–Kier alpha value is -0.850. The van der Waals surface area contributed by atoms with Crippen LogP contribution >= 0.6 is 34.2 Å². The number of aliphatic hydroxyl groups excluding tert-OH is 1. The predicted octanol–water partition coefficient (Wildman–Crippen LogP) is 4.17. The number of halogens is 3. The maximum Gasteiger partial charge on any atom is 0.124 e. The minimum atomic E-state index is -0.897. The molecule has 1 atom stereocenters. The number of hydrogen-bond donors (Lipinski definition) is 1. The molecule has 0 fully saturated rings. The largest absolute Gasteiger partial charge is 0.497 e. The zero-order valence-electron chi connectivity index (χ0n) is 10.0. The molecule has 0 aliphatic carbocycles. The Kier molecular flexibility index (Phi) is 4.65. The second-order valence-electron chi connectivity index (χ2n) is 3.96. The van der Waals surface area contributed by atoms with Crippen LogP contribution in [-0.2, 0) is 0 Å². The number of ether oxygens (including phenoxy) is 1. The molecule has 2 aromatic rings. The fourth-order valence-corrected chi connectivity index (χ4v) is 2.79. The molecule has 1 N–H and O–H groups in total. The van der Waals surface area contributed by atoms with E-state index in [9.17, 15) is 9.50 Å². The third kappa shape index (κ3) is 3.19. The lowest BCUT2D eigenvalue weighted by Crippen LogP contribution is -2.03. The van der Waals surface area contributed by atoms with Gasteiger partial charge in [-0.3, -0.25) is 0 Å². The molecule has 2 nitrogen and oxygen atoms in total. The number of aliphatic hydroxyl groups is 1. The van der Waals surface area contributed by atoms with Gasteiger partial charge in [0.05, 0.1) is 12.1 Å². The van der Waals surface area contributed by atoms with E-state index >= 15 is 0 Å². The lowest BCUT2D eigenvalue weighted by atomic mass is 10.0. The molecule has 2 aromatic carbocycles. The maximum absolute atomic E-state index is 13.1. The summed E-state index contributed by atoms with van der Waals surface area (Å²) in [5.41, 5.74) is 1.18. The molecule has 0 heterocycles. The first-order valence-corrected chi connectivity index (χ1v) is 6.95. The third-order valence-corrected chi connectivity index (χ3v) is 4.02. The Bertz CT molecular complexity index is 604. The Morgan fingerprint density at radius 2 is 1.89 bits per heavy atom. The van der Waals surface area contributed by atoms with Crippen molar-refractivity contribution in [2.45, 2.75) is 6.10 Å². The molecule has 19 heavy (non-hydrogen) atoms. The molecule has 100 valence electrons. The van der Waals surface area contributed by atoms with E-state index in [1.54, 1.807) is 31.4 Å². The number of methoxy groups -OCH3 is 1. The maximum atomic E-state index is 13.1. The van der Waals surface area contributed by atoms with Gasteiger partial charge in [0.25, 0.3) is 0 Å². The first-order valence-electron chi connectivity index (χ1n) is 5.49. The minimum Gasteiger partial charge on any atom is -0.497 e. The lowest BCUT2D eigenvalue weighted by Gasteiger charge is -2.15. The zero-order chi connectivity index (χ0) is 14.0. The van der Waals surface area contributed by atoms with Crippen LogP contribution in [0.1, 0.15) is 17.2 Å². The van der Waals surface area contributed by atoms with Gasteiger partial charge in [0.15, 0.2) is 0 Å². The van der Waals surface area contributed by atoms with Crippen molar-refractivity contribution in [2.75, 3.05) is 7.11 Å². The van der Waals surface area contributed by atoms with Crippen molar-refractivity contribution in [3.05, 3.63) is 61.9 Å².